The van der Waals surface area contributed by atoms with Crippen molar-refractivity contribution in [3.63, 3.8) is 0 Å². The molecule has 1 aromatic carbocycles. The van der Waals surface area contributed by atoms with Crippen LogP contribution in [0.5, 0.6) is 0 Å². The lowest BCUT2D eigenvalue weighted by Gasteiger charge is -2.21. The Morgan fingerprint density at radius 3 is 2.46 bits per heavy atom. The van der Waals surface area contributed by atoms with E-state index in [2.05, 4.69) is 10.6 Å². The molecule has 6 nitrogen and oxygen atoms in total. The van der Waals surface area contributed by atoms with Gasteiger partial charge in [0.2, 0.25) is 0 Å². The predicted molar refractivity (Wildman–Crippen MR) is 109 cm³/mol. The molecule has 2 N–H and O–H groups in total. The van der Waals surface area contributed by atoms with E-state index >= 15 is 0 Å². The fourth-order valence-electron chi connectivity index (χ4n) is 2.49. The summed E-state index contributed by atoms with van der Waals surface area (Å²) in [6, 6.07) is 9.45. The maximum atomic E-state index is 12.4. The fraction of sp³-hybridized carbons (Fsp3) is 0.350. The first kappa shape index (κ1) is 21.9. The van der Waals surface area contributed by atoms with Gasteiger partial charge >= 0.3 is 5.97 Å². The number of nitrogens with one attached hydrogen (secondary N) is 2. The van der Waals surface area contributed by atoms with Crippen LogP contribution in [0.25, 0.3) is 0 Å². The van der Waals surface area contributed by atoms with Crippen molar-refractivity contribution >= 4 is 40.7 Å². The van der Waals surface area contributed by atoms with Gasteiger partial charge in [-0.2, -0.15) is 0 Å². The number of benzene rings is 1. The Morgan fingerprint density at radius 2 is 1.86 bits per heavy atom. The predicted octanol–water partition coefficient (Wildman–Crippen LogP) is 3.58. The minimum Gasteiger partial charge on any atom is -0.454 e. The van der Waals surface area contributed by atoms with Gasteiger partial charge in [0.25, 0.3) is 11.8 Å². The van der Waals surface area contributed by atoms with Crippen LogP contribution < -0.4 is 10.6 Å². The minimum absolute atomic E-state index is 0.190. The molecule has 28 heavy (non-hydrogen) atoms. The van der Waals surface area contributed by atoms with E-state index in [-0.39, 0.29) is 17.9 Å². The second-order valence-corrected chi connectivity index (χ2v) is 8.01. The number of hydrogen-bond donors (Lipinski definition) is 2. The second-order valence-electron chi connectivity index (χ2n) is 6.62. The van der Waals surface area contributed by atoms with E-state index in [4.69, 9.17) is 16.3 Å². The van der Waals surface area contributed by atoms with Gasteiger partial charge in [0.15, 0.2) is 6.61 Å². The lowest BCUT2D eigenvalue weighted by atomic mass is 10.0. The maximum absolute atomic E-state index is 12.4. The number of carbonyl (C=O) groups is 3. The van der Waals surface area contributed by atoms with Crippen molar-refractivity contribution < 1.29 is 19.1 Å². The molecule has 0 spiro atoms. The zero-order valence-corrected chi connectivity index (χ0v) is 17.5. The topological polar surface area (TPSA) is 84.5 Å². The summed E-state index contributed by atoms with van der Waals surface area (Å²) in [7, 11) is 0. The first-order valence-corrected chi connectivity index (χ1v) is 10.1. The van der Waals surface area contributed by atoms with Crippen molar-refractivity contribution in [3.05, 3.63) is 57.2 Å². The van der Waals surface area contributed by atoms with Gasteiger partial charge in [-0.05, 0) is 42.0 Å². The number of carbonyl (C=O) groups excluding carboxylic acids is 3. The van der Waals surface area contributed by atoms with Crippen molar-refractivity contribution in [1.82, 2.24) is 10.6 Å². The fourth-order valence-corrected chi connectivity index (χ4v) is 3.31. The SMILES string of the molecule is CC(C)[C@H](NC(=O)c1cccs1)C(=O)OCC(=O)N[C@H](C)c1cccc(Cl)c1. The minimum atomic E-state index is -0.840. The van der Waals surface area contributed by atoms with Crippen molar-refractivity contribution in [1.29, 1.82) is 0 Å². The van der Waals surface area contributed by atoms with Gasteiger partial charge in [0, 0.05) is 5.02 Å². The first-order chi connectivity index (χ1) is 13.3. The molecule has 8 heteroatoms. The van der Waals surface area contributed by atoms with Crippen LogP contribution in [0.4, 0.5) is 0 Å². The number of amides is 2. The standard InChI is InChI=1S/C20H23ClN2O4S/c1-12(2)18(23-19(25)16-8-5-9-28-16)20(26)27-11-17(24)22-13(3)14-6-4-7-15(21)10-14/h4-10,12-13,18H,11H2,1-3H3,(H,22,24)(H,23,25)/t13-,18+/m1/s1. The normalized spacial score (nSPS) is 12.9. The van der Waals surface area contributed by atoms with Crippen LogP contribution in [-0.4, -0.2) is 30.4 Å². The van der Waals surface area contributed by atoms with Crippen LogP contribution in [0.1, 0.15) is 42.0 Å². The maximum Gasteiger partial charge on any atom is 0.329 e. The Kier molecular flexibility index (Phi) is 8.02. The molecule has 0 bridgehead atoms. The van der Waals surface area contributed by atoms with Gasteiger partial charge in [0.05, 0.1) is 10.9 Å². The molecule has 0 saturated carbocycles. The smallest absolute Gasteiger partial charge is 0.329 e. The largest absolute Gasteiger partial charge is 0.454 e. The molecule has 0 aliphatic rings. The zero-order valence-electron chi connectivity index (χ0n) is 15.9. The number of halogens is 1. The third kappa shape index (κ3) is 6.35. The number of rotatable bonds is 8. The van der Waals surface area contributed by atoms with Gasteiger partial charge < -0.3 is 15.4 Å². The summed E-state index contributed by atoms with van der Waals surface area (Å²) in [6.45, 7) is 4.97. The van der Waals surface area contributed by atoms with Gasteiger partial charge in [-0.15, -0.1) is 11.3 Å². The van der Waals surface area contributed by atoms with Crippen LogP contribution in [-0.2, 0) is 14.3 Å². The van der Waals surface area contributed by atoms with Gasteiger partial charge in [-0.25, -0.2) is 4.79 Å². The van der Waals surface area contributed by atoms with Crippen LogP contribution in [0.15, 0.2) is 41.8 Å². The highest BCUT2D eigenvalue weighted by Gasteiger charge is 2.27. The third-order valence-electron chi connectivity index (χ3n) is 4.02. The lowest BCUT2D eigenvalue weighted by molar-refractivity contribution is -0.151. The number of esters is 1. The molecule has 0 saturated heterocycles. The number of ether oxygens (including phenoxy) is 1. The summed E-state index contributed by atoms with van der Waals surface area (Å²) >= 11 is 7.24. The number of thiophene rings is 1. The van der Waals surface area contributed by atoms with Crippen LogP contribution >= 0.6 is 22.9 Å². The van der Waals surface area contributed by atoms with Crippen molar-refractivity contribution in [2.45, 2.75) is 32.9 Å². The van der Waals surface area contributed by atoms with E-state index in [1.807, 2.05) is 13.0 Å². The van der Waals surface area contributed by atoms with E-state index in [1.54, 1.807) is 49.6 Å². The van der Waals surface area contributed by atoms with E-state index in [0.717, 1.165) is 5.56 Å². The molecule has 0 fully saturated rings. The summed E-state index contributed by atoms with van der Waals surface area (Å²) in [5.41, 5.74) is 0.843. The highest BCUT2D eigenvalue weighted by molar-refractivity contribution is 7.12. The Hall–Kier alpha value is -2.38. The average molecular weight is 423 g/mol. The van der Waals surface area contributed by atoms with E-state index in [1.165, 1.54) is 11.3 Å². The summed E-state index contributed by atoms with van der Waals surface area (Å²) in [4.78, 5) is 37.2. The van der Waals surface area contributed by atoms with E-state index < -0.39 is 24.5 Å². The Labute approximate surface area is 173 Å². The summed E-state index contributed by atoms with van der Waals surface area (Å²) in [5, 5.41) is 7.77. The molecule has 0 unspecified atom stereocenters. The molecule has 2 atom stereocenters. The van der Waals surface area contributed by atoms with Crippen molar-refractivity contribution in [3.8, 4) is 0 Å². The average Bonchev–Trinajstić information content (AvgIpc) is 3.18. The van der Waals surface area contributed by atoms with Gasteiger partial charge in [0.1, 0.15) is 6.04 Å². The highest BCUT2D eigenvalue weighted by Crippen LogP contribution is 2.17. The molecular formula is C20H23ClN2O4S. The summed E-state index contributed by atoms with van der Waals surface area (Å²) < 4.78 is 5.12. The highest BCUT2D eigenvalue weighted by atomic mass is 35.5. The quantitative estimate of drug-likeness (QED) is 0.637. The Morgan fingerprint density at radius 1 is 1.11 bits per heavy atom. The van der Waals surface area contributed by atoms with Crippen LogP contribution in [0.3, 0.4) is 0 Å². The monoisotopic (exact) mass is 422 g/mol. The molecule has 0 aliphatic heterocycles. The molecule has 1 aromatic heterocycles. The molecule has 0 aliphatic carbocycles. The van der Waals surface area contributed by atoms with Crippen LogP contribution in [0.2, 0.25) is 5.02 Å². The summed E-state index contributed by atoms with van der Waals surface area (Å²) in [6.07, 6.45) is 0. The Bertz CT molecular complexity index is 823. The molecular weight excluding hydrogens is 400 g/mol. The second kappa shape index (κ2) is 10.2. The molecule has 1 heterocycles. The molecule has 2 aromatic rings. The lowest BCUT2D eigenvalue weighted by Crippen LogP contribution is -2.46. The van der Waals surface area contributed by atoms with Crippen molar-refractivity contribution in [2.75, 3.05) is 6.61 Å². The molecule has 2 amide bonds. The number of hydrogen-bond acceptors (Lipinski definition) is 5. The zero-order chi connectivity index (χ0) is 20.7. The molecule has 150 valence electrons. The first-order valence-electron chi connectivity index (χ1n) is 8.83. The Balaban J connectivity index is 1.87. The van der Waals surface area contributed by atoms with Gasteiger partial charge in [-0.3, -0.25) is 9.59 Å². The van der Waals surface area contributed by atoms with Crippen molar-refractivity contribution in [2.24, 2.45) is 5.92 Å². The summed E-state index contributed by atoms with van der Waals surface area (Å²) in [5.74, 6) is -1.62. The van der Waals surface area contributed by atoms with Crippen LogP contribution in [0, 0.1) is 5.92 Å². The van der Waals surface area contributed by atoms with E-state index in [0.29, 0.717) is 9.90 Å². The van der Waals surface area contributed by atoms with Gasteiger partial charge in [-0.1, -0.05) is 43.6 Å². The molecule has 0 radical (unpaired) electrons. The molecule has 2 rings (SSSR count). The third-order valence-corrected chi connectivity index (χ3v) is 5.13. The van der Waals surface area contributed by atoms with E-state index in [9.17, 15) is 14.4 Å².